The highest BCUT2D eigenvalue weighted by molar-refractivity contribution is 5.84. The van der Waals surface area contributed by atoms with Crippen LogP contribution in [0.5, 0.6) is 0 Å². The maximum atomic E-state index is 11.7. The van der Waals surface area contributed by atoms with Gasteiger partial charge in [-0.3, -0.25) is 19.9 Å². The number of carbonyl (C=O) groups excluding carboxylic acids is 1. The van der Waals surface area contributed by atoms with E-state index in [0.717, 1.165) is 0 Å². The van der Waals surface area contributed by atoms with E-state index in [4.69, 9.17) is 10.00 Å². The average molecular weight is 285 g/mol. The number of rotatable bonds is 4. The number of nitro benzene ring substituents is 1. The van der Waals surface area contributed by atoms with Crippen LogP contribution in [0.25, 0.3) is 10.9 Å². The second kappa shape index (κ2) is 5.96. The van der Waals surface area contributed by atoms with Crippen molar-refractivity contribution in [1.82, 2.24) is 4.98 Å². The quantitative estimate of drug-likeness (QED) is 0.484. The standard InChI is InChI=1S/C14H11N3O4/c1-2-21-14(18)11(8-15)13-5-3-9-7-10(17(19)20)4-6-12(9)16-13/h3-7,11H,2H2,1H3. The van der Waals surface area contributed by atoms with Crippen molar-refractivity contribution >= 4 is 22.6 Å². The highest BCUT2D eigenvalue weighted by Crippen LogP contribution is 2.22. The molecule has 0 fully saturated rings. The van der Waals surface area contributed by atoms with Crippen LogP contribution in [0.1, 0.15) is 18.5 Å². The van der Waals surface area contributed by atoms with Gasteiger partial charge in [-0.25, -0.2) is 0 Å². The topological polar surface area (TPSA) is 106 Å². The molecule has 1 heterocycles. The van der Waals surface area contributed by atoms with Crippen LogP contribution in [-0.2, 0) is 9.53 Å². The molecular formula is C14H11N3O4. The van der Waals surface area contributed by atoms with E-state index in [0.29, 0.717) is 10.9 Å². The summed E-state index contributed by atoms with van der Waals surface area (Å²) in [6.45, 7) is 1.83. The molecular weight excluding hydrogens is 274 g/mol. The van der Waals surface area contributed by atoms with Crippen molar-refractivity contribution in [3.8, 4) is 6.07 Å². The van der Waals surface area contributed by atoms with E-state index in [1.165, 1.54) is 24.3 Å². The summed E-state index contributed by atoms with van der Waals surface area (Å²) in [5, 5.41) is 20.4. The van der Waals surface area contributed by atoms with Gasteiger partial charge in [0, 0.05) is 17.5 Å². The number of benzene rings is 1. The summed E-state index contributed by atoms with van der Waals surface area (Å²) in [6, 6.07) is 9.13. The van der Waals surface area contributed by atoms with Gasteiger partial charge in [-0.15, -0.1) is 0 Å². The zero-order valence-corrected chi connectivity index (χ0v) is 11.1. The van der Waals surface area contributed by atoms with Crippen molar-refractivity contribution in [3.63, 3.8) is 0 Å². The molecule has 0 saturated carbocycles. The number of carbonyl (C=O) groups is 1. The number of esters is 1. The summed E-state index contributed by atoms with van der Waals surface area (Å²) >= 11 is 0. The molecule has 2 rings (SSSR count). The summed E-state index contributed by atoms with van der Waals surface area (Å²) < 4.78 is 4.82. The lowest BCUT2D eigenvalue weighted by Crippen LogP contribution is -2.15. The minimum Gasteiger partial charge on any atom is -0.465 e. The summed E-state index contributed by atoms with van der Waals surface area (Å²) in [4.78, 5) is 26.1. The third-order valence-corrected chi connectivity index (χ3v) is 2.85. The first-order valence-electron chi connectivity index (χ1n) is 6.18. The lowest BCUT2D eigenvalue weighted by atomic mass is 10.1. The van der Waals surface area contributed by atoms with Crippen LogP contribution in [0.4, 0.5) is 5.69 Å². The molecule has 1 aromatic carbocycles. The number of ether oxygens (including phenoxy) is 1. The summed E-state index contributed by atoms with van der Waals surface area (Å²) in [7, 11) is 0. The molecule has 0 aliphatic carbocycles. The van der Waals surface area contributed by atoms with Gasteiger partial charge in [0.1, 0.15) is 0 Å². The second-order valence-electron chi connectivity index (χ2n) is 4.18. The van der Waals surface area contributed by atoms with Gasteiger partial charge in [0.15, 0.2) is 5.92 Å². The molecule has 2 aromatic rings. The van der Waals surface area contributed by atoms with Crippen LogP contribution < -0.4 is 0 Å². The summed E-state index contributed by atoms with van der Waals surface area (Å²) in [5.74, 6) is -1.77. The van der Waals surface area contributed by atoms with Crippen LogP contribution in [0, 0.1) is 21.4 Å². The van der Waals surface area contributed by atoms with E-state index in [2.05, 4.69) is 4.98 Å². The molecule has 0 amide bonds. The van der Waals surface area contributed by atoms with Crippen molar-refractivity contribution < 1.29 is 14.5 Å². The van der Waals surface area contributed by atoms with E-state index in [9.17, 15) is 14.9 Å². The smallest absolute Gasteiger partial charge is 0.329 e. The predicted octanol–water partition coefficient (Wildman–Crippen LogP) is 2.31. The zero-order chi connectivity index (χ0) is 15.4. The van der Waals surface area contributed by atoms with Crippen LogP contribution >= 0.6 is 0 Å². The van der Waals surface area contributed by atoms with E-state index < -0.39 is 16.8 Å². The third kappa shape index (κ3) is 2.95. The van der Waals surface area contributed by atoms with Crippen molar-refractivity contribution in [3.05, 3.63) is 46.1 Å². The van der Waals surface area contributed by atoms with E-state index in [1.807, 2.05) is 6.07 Å². The Kier molecular flexibility index (Phi) is 4.09. The summed E-state index contributed by atoms with van der Waals surface area (Å²) in [6.07, 6.45) is 0. The monoisotopic (exact) mass is 285 g/mol. The van der Waals surface area contributed by atoms with Crippen LogP contribution in [0.15, 0.2) is 30.3 Å². The first-order chi connectivity index (χ1) is 10.1. The molecule has 1 atom stereocenters. The van der Waals surface area contributed by atoms with Gasteiger partial charge in [0.25, 0.3) is 5.69 Å². The van der Waals surface area contributed by atoms with E-state index >= 15 is 0 Å². The third-order valence-electron chi connectivity index (χ3n) is 2.85. The maximum Gasteiger partial charge on any atom is 0.329 e. The first kappa shape index (κ1) is 14.4. The lowest BCUT2D eigenvalue weighted by Gasteiger charge is -2.08. The molecule has 1 aromatic heterocycles. The average Bonchev–Trinajstić information content (AvgIpc) is 2.47. The highest BCUT2D eigenvalue weighted by Gasteiger charge is 2.23. The van der Waals surface area contributed by atoms with Crippen molar-refractivity contribution in [2.45, 2.75) is 12.8 Å². The fourth-order valence-corrected chi connectivity index (χ4v) is 1.87. The van der Waals surface area contributed by atoms with Crippen molar-refractivity contribution in [2.75, 3.05) is 6.61 Å². The van der Waals surface area contributed by atoms with Crippen LogP contribution in [-0.4, -0.2) is 22.5 Å². The Hall–Kier alpha value is -3.01. The number of nitrogens with zero attached hydrogens (tertiary/aromatic N) is 3. The maximum absolute atomic E-state index is 11.7. The molecule has 0 aliphatic rings. The van der Waals surface area contributed by atoms with Gasteiger partial charge in [0.2, 0.25) is 0 Å². The number of pyridine rings is 1. The number of hydrogen-bond acceptors (Lipinski definition) is 6. The Bertz CT molecular complexity index is 751. The molecule has 7 nitrogen and oxygen atoms in total. The van der Waals surface area contributed by atoms with Gasteiger partial charge in [0.05, 0.1) is 28.8 Å². The second-order valence-corrected chi connectivity index (χ2v) is 4.18. The molecule has 1 unspecified atom stereocenters. The van der Waals surface area contributed by atoms with E-state index in [1.54, 1.807) is 13.0 Å². The molecule has 0 N–H and O–H groups in total. The fourth-order valence-electron chi connectivity index (χ4n) is 1.87. The Morgan fingerprint density at radius 2 is 2.24 bits per heavy atom. The van der Waals surface area contributed by atoms with Gasteiger partial charge in [-0.1, -0.05) is 6.07 Å². The molecule has 7 heteroatoms. The Labute approximate surface area is 119 Å². The highest BCUT2D eigenvalue weighted by atomic mass is 16.6. The molecule has 0 aliphatic heterocycles. The molecule has 0 bridgehead atoms. The van der Waals surface area contributed by atoms with E-state index in [-0.39, 0.29) is 18.0 Å². The minimum absolute atomic E-state index is 0.0423. The van der Waals surface area contributed by atoms with Gasteiger partial charge >= 0.3 is 5.97 Å². The number of nitro groups is 1. The molecule has 106 valence electrons. The largest absolute Gasteiger partial charge is 0.465 e. The van der Waals surface area contributed by atoms with Gasteiger partial charge < -0.3 is 4.74 Å². The van der Waals surface area contributed by atoms with Gasteiger partial charge in [-0.2, -0.15) is 5.26 Å². The Morgan fingerprint density at radius 1 is 1.48 bits per heavy atom. The SMILES string of the molecule is CCOC(=O)C(C#N)c1ccc2cc([N+](=O)[O-])ccc2n1. The van der Waals surface area contributed by atoms with Crippen LogP contribution in [0.2, 0.25) is 0 Å². The molecule has 0 spiro atoms. The van der Waals surface area contributed by atoms with Crippen molar-refractivity contribution in [2.24, 2.45) is 0 Å². The fraction of sp³-hybridized carbons (Fsp3) is 0.214. The normalized spacial score (nSPS) is 11.6. The van der Waals surface area contributed by atoms with Crippen molar-refractivity contribution in [1.29, 1.82) is 5.26 Å². The molecule has 0 radical (unpaired) electrons. The first-order valence-corrected chi connectivity index (χ1v) is 6.18. The number of hydrogen-bond donors (Lipinski definition) is 0. The number of nitriles is 1. The number of aromatic nitrogens is 1. The zero-order valence-electron chi connectivity index (χ0n) is 11.1. The summed E-state index contributed by atoms with van der Waals surface area (Å²) in [5.41, 5.74) is 0.694. The molecule has 0 saturated heterocycles. The van der Waals surface area contributed by atoms with Crippen LogP contribution in [0.3, 0.4) is 0 Å². The minimum atomic E-state index is -1.11. The van der Waals surface area contributed by atoms with Gasteiger partial charge in [-0.05, 0) is 19.1 Å². The Morgan fingerprint density at radius 3 is 2.86 bits per heavy atom. The molecule has 21 heavy (non-hydrogen) atoms. The predicted molar refractivity (Wildman–Crippen MR) is 73.4 cm³/mol. The Balaban J connectivity index is 2.43. The number of non-ortho nitro benzene ring substituents is 1. The number of fused-ring (bicyclic) bond motifs is 1. The lowest BCUT2D eigenvalue weighted by molar-refractivity contribution is -0.384.